The molecule has 98 valence electrons. The maximum atomic E-state index is 10.8. The molecule has 1 heterocycles. The van der Waals surface area contributed by atoms with E-state index in [0.717, 1.165) is 16.3 Å². The molecule has 0 aliphatic carbocycles. The second kappa shape index (κ2) is 6.10. The molecule has 5 nitrogen and oxygen atoms in total. The average molecular weight is 276 g/mol. The predicted molar refractivity (Wildman–Crippen MR) is 71.4 cm³/mol. The lowest BCUT2D eigenvalue weighted by Gasteiger charge is -1.99. The van der Waals surface area contributed by atoms with Crippen molar-refractivity contribution in [2.45, 2.75) is 6.42 Å². The van der Waals surface area contributed by atoms with Crippen LogP contribution >= 0.6 is 11.3 Å². The zero-order valence-corrected chi connectivity index (χ0v) is 10.9. The summed E-state index contributed by atoms with van der Waals surface area (Å²) in [4.78, 5) is 25.7. The monoisotopic (exact) mass is 276 g/mol. The Morgan fingerprint density at radius 1 is 1.26 bits per heavy atom. The molecule has 0 fully saturated rings. The standard InChI is InChI=1S/C13H12N2O3S/c14-12(16)13(17)18-7-6-11-15-10(8-19-11)9-4-2-1-3-5-9/h1-5,8H,6-7H2,(H2,14,16). The first-order valence-electron chi connectivity index (χ1n) is 5.63. The summed E-state index contributed by atoms with van der Waals surface area (Å²) in [6, 6.07) is 9.80. The van der Waals surface area contributed by atoms with Crippen LogP contribution in [0.15, 0.2) is 35.7 Å². The molecule has 0 radical (unpaired) electrons. The van der Waals surface area contributed by atoms with Crippen molar-refractivity contribution in [3.63, 3.8) is 0 Å². The number of primary amides is 1. The Morgan fingerprint density at radius 2 is 2.00 bits per heavy atom. The molecule has 19 heavy (non-hydrogen) atoms. The van der Waals surface area contributed by atoms with Gasteiger partial charge in [0.05, 0.1) is 17.3 Å². The molecule has 0 saturated carbocycles. The molecule has 0 unspecified atom stereocenters. The minimum atomic E-state index is -1.08. The van der Waals surface area contributed by atoms with Gasteiger partial charge in [-0.3, -0.25) is 4.79 Å². The summed E-state index contributed by atoms with van der Waals surface area (Å²) in [5.74, 6) is -2.09. The number of nitrogens with zero attached hydrogens (tertiary/aromatic N) is 1. The molecule has 6 heteroatoms. The molecule has 1 amide bonds. The van der Waals surface area contributed by atoms with Gasteiger partial charge in [0.1, 0.15) is 0 Å². The van der Waals surface area contributed by atoms with Crippen molar-refractivity contribution >= 4 is 23.2 Å². The maximum absolute atomic E-state index is 10.8. The van der Waals surface area contributed by atoms with Crippen molar-refractivity contribution in [3.05, 3.63) is 40.7 Å². The summed E-state index contributed by atoms with van der Waals surface area (Å²) in [5, 5.41) is 2.79. The highest BCUT2D eigenvalue weighted by Gasteiger charge is 2.10. The molecule has 0 aliphatic heterocycles. The Balaban J connectivity index is 1.92. The Kier molecular flexibility index (Phi) is 4.25. The van der Waals surface area contributed by atoms with E-state index < -0.39 is 11.9 Å². The topological polar surface area (TPSA) is 82.3 Å². The van der Waals surface area contributed by atoms with E-state index in [1.165, 1.54) is 11.3 Å². The van der Waals surface area contributed by atoms with Crippen LogP contribution in [0.5, 0.6) is 0 Å². The summed E-state index contributed by atoms with van der Waals surface area (Å²) in [6.45, 7) is 0.101. The van der Waals surface area contributed by atoms with Gasteiger partial charge in [-0.15, -0.1) is 11.3 Å². The van der Waals surface area contributed by atoms with Crippen molar-refractivity contribution in [1.29, 1.82) is 0 Å². The van der Waals surface area contributed by atoms with Gasteiger partial charge in [-0.2, -0.15) is 0 Å². The van der Waals surface area contributed by atoms with Crippen LogP contribution in [0.2, 0.25) is 0 Å². The Hall–Kier alpha value is -2.21. The van der Waals surface area contributed by atoms with Crippen molar-refractivity contribution in [2.75, 3.05) is 6.61 Å². The number of rotatable bonds is 4. The number of nitrogens with two attached hydrogens (primary N) is 1. The maximum Gasteiger partial charge on any atom is 0.396 e. The quantitative estimate of drug-likeness (QED) is 0.675. The van der Waals surface area contributed by atoms with Crippen LogP contribution in [-0.4, -0.2) is 23.5 Å². The zero-order chi connectivity index (χ0) is 13.7. The Morgan fingerprint density at radius 3 is 2.68 bits per heavy atom. The van der Waals surface area contributed by atoms with E-state index in [4.69, 9.17) is 5.73 Å². The lowest BCUT2D eigenvalue weighted by Crippen LogP contribution is -2.26. The number of hydrogen-bond acceptors (Lipinski definition) is 5. The van der Waals surface area contributed by atoms with Gasteiger partial charge in [0, 0.05) is 17.4 Å². The first-order valence-corrected chi connectivity index (χ1v) is 6.51. The number of carbonyl (C=O) groups excluding carboxylic acids is 2. The smallest absolute Gasteiger partial charge is 0.396 e. The molecule has 0 bridgehead atoms. The minimum Gasteiger partial charge on any atom is -0.458 e. The van der Waals surface area contributed by atoms with E-state index in [-0.39, 0.29) is 6.61 Å². The van der Waals surface area contributed by atoms with Crippen LogP contribution in [0.25, 0.3) is 11.3 Å². The van der Waals surface area contributed by atoms with Crippen LogP contribution in [0.4, 0.5) is 0 Å². The predicted octanol–water partition coefficient (Wildman–Crippen LogP) is 1.38. The fourth-order valence-corrected chi connectivity index (χ4v) is 2.26. The number of amides is 1. The van der Waals surface area contributed by atoms with E-state index in [1.807, 2.05) is 35.7 Å². The molecular weight excluding hydrogens is 264 g/mol. The van der Waals surface area contributed by atoms with Crippen LogP contribution in [-0.2, 0) is 20.7 Å². The van der Waals surface area contributed by atoms with Crippen LogP contribution in [0.3, 0.4) is 0 Å². The van der Waals surface area contributed by atoms with Gasteiger partial charge in [0.25, 0.3) is 0 Å². The van der Waals surface area contributed by atoms with Crippen LogP contribution < -0.4 is 5.73 Å². The number of ether oxygens (including phenoxy) is 1. The molecule has 0 spiro atoms. The van der Waals surface area contributed by atoms with Gasteiger partial charge in [-0.1, -0.05) is 30.3 Å². The normalized spacial score (nSPS) is 10.1. The highest BCUT2D eigenvalue weighted by molar-refractivity contribution is 7.09. The van der Waals surface area contributed by atoms with Gasteiger partial charge >= 0.3 is 11.9 Å². The van der Waals surface area contributed by atoms with Crippen molar-refractivity contribution in [3.8, 4) is 11.3 Å². The number of esters is 1. The zero-order valence-electron chi connectivity index (χ0n) is 10.0. The SMILES string of the molecule is NC(=O)C(=O)OCCc1nc(-c2ccccc2)cs1. The lowest BCUT2D eigenvalue weighted by atomic mass is 10.2. The number of benzene rings is 1. The average Bonchev–Trinajstić information content (AvgIpc) is 2.88. The summed E-state index contributed by atoms with van der Waals surface area (Å²) < 4.78 is 4.68. The van der Waals surface area contributed by atoms with Crippen molar-refractivity contribution in [1.82, 2.24) is 4.98 Å². The summed E-state index contributed by atoms with van der Waals surface area (Å²) in [6.07, 6.45) is 0.469. The molecule has 2 aromatic rings. The molecule has 0 aliphatic rings. The lowest BCUT2D eigenvalue weighted by molar-refractivity contribution is -0.153. The van der Waals surface area contributed by atoms with Gasteiger partial charge in [0.15, 0.2) is 0 Å². The highest BCUT2D eigenvalue weighted by Crippen LogP contribution is 2.21. The van der Waals surface area contributed by atoms with Crippen molar-refractivity contribution < 1.29 is 14.3 Å². The fourth-order valence-electron chi connectivity index (χ4n) is 1.47. The minimum absolute atomic E-state index is 0.101. The van der Waals surface area contributed by atoms with Crippen molar-refractivity contribution in [2.24, 2.45) is 5.73 Å². The second-order valence-electron chi connectivity index (χ2n) is 3.74. The van der Waals surface area contributed by atoms with Gasteiger partial charge in [-0.25, -0.2) is 9.78 Å². The second-order valence-corrected chi connectivity index (χ2v) is 4.69. The molecule has 0 atom stereocenters. The van der Waals surface area contributed by atoms with E-state index >= 15 is 0 Å². The number of hydrogen-bond donors (Lipinski definition) is 1. The molecule has 1 aromatic heterocycles. The third kappa shape index (κ3) is 3.62. The van der Waals surface area contributed by atoms with Crippen LogP contribution in [0, 0.1) is 0 Å². The summed E-state index contributed by atoms with van der Waals surface area (Å²) in [7, 11) is 0. The Bertz CT molecular complexity index is 581. The number of carbonyl (C=O) groups is 2. The molecule has 2 rings (SSSR count). The summed E-state index contributed by atoms with van der Waals surface area (Å²) in [5.41, 5.74) is 6.70. The third-order valence-electron chi connectivity index (χ3n) is 2.37. The molecule has 0 saturated heterocycles. The Labute approximate surface area is 114 Å². The van der Waals surface area contributed by atoms with Crippen LogP contribution in [0.1, 0.15) is 5.01 Å². The first kappa shape index (κ1) is 13.2. The summed E-state index contributed by atoms with van der Waals surface area (Å²) >= 11 is 1.49. The molecular formula is C13H12N2O3S. The van der Waals surface area contributed by atoms with Gasteiger partial charge in [-0.05, 0) is 0 Å². The largest absolute Gasteiger partial charge is 0.458 e. The number of thiazole rings is 1. The van der Waals surface area contributed by atoms with E-state index in [9.17, 15) is 9.59 Å². The third-order valence-corrected chi connectivity index (χ3v) is 3.28. The van der Waals surface area contributed by atoms with E-state index in [0.29, 0.717) is 6.42 Å². The van der Waals surface area contributed by atoms with E-state index in [1.54, 1.807) is 0 Å². The highest BCUT2D eigenvalue weighted by atomic mass is 32.1. The van der Waals surface area contributed by atoms with Gasteiger partial charge in [0.2, 0.25) is 0 Å². The fraction of sp³-hybridized carbons (Fsp3) is 0.154. The number of aromatic nitrogens is 1. The first-order chi connectivity index (χ1) is 9.16. The molecule has 2 N–H and O–H groups in total. The van der Waals surface area contributed by atoms with E-state index in [2.05, 4.69) is 9.72 Å². The molecule has 1 aromatic carbocycles. The van der Waals surface area contributed by atoms with Gasteiger partial charge < -0.3 is 10.5 Å².